The van der Waals surface area contributed by atoms with Gasteiger partial charge < -0.3 is 0 Å². The number of hydrogen-bond acceptors (Lipinski definition) is 2. The highest BCUT2D eigenvalue weighted by Crippen LogP contribution is 2.46. The van der Waals surface area contributed by atoms with Gasteiger partial charge in [0, 0.05) is 35.9 Å². The van der Waals surface area contributed by atoms with Crippen molar-refractivity contribution >= 4 is 21.5 Å². The zero-order chi connectivity index (χ0) is 35.0. The van der Waals surface area contributed by atoms with E-state index in [0.717, 1.165) is 11.1 Å². The summed E-state index contributed by atoms with van der Waals surface area (Å²) in [5.41, 5.74) is 16.9. The molecular formula is C50H36N2. The zero-order valence-corrected chi connectivity index (χ0v) is 29.2. The lowest BCUT2D eigenvalue weighted by Crippen LogP contribution is -1.94. The first-order valence-corrected chi connectivity index (χ1v) is 17.8. The molecule has 0 bridgehead atoms. The third-order valence-corrected chi connectivity index (χ3v) is 10.3. The van der Waals surface area contributed by atoms with Crippen LogP contribution in [-0.2, 0) is 0 Å². The molecule has 0 radical (unpaired) electrons. The molecule has 0 aliphatic rings. The Hall–Kier alpha value is -6.64. The first kappa shape index (κ1) is 31.3. The quantitative estimate of drug-likeness (QED) is 0.165. The summed E-state index contributed by atoms with van der Waals surface area (Å²) in [4.78, 5) is 8.78. The number of rotatable bonds is 6. The molecule has 0 saturated heterocycles. The number of hydrogen-bond donors (Lipinski definition) is 0. The van der Waals surface area contributed by atoms with Crippen LogP contribution in [0, 0.1) is 13.8 Å². The molecule has 0 aliphatic heterocycles. The third-order valence-electron chi connectivity index (χ3n) is 10.3. The largest absolute Gasteiger partial charge is 0.264 e. The van der Waals surface area contributed by atoms with Crippen molar-refractivity contribution in [3.8, 4) is 66.8 Å². The van der Waals surface area contributed by atoms with Crippen molar-refractivity contribution in [2.45, 2.75) is 13.8 Å². The molecule has 0 saturated carbocycles. The van der Waals surface area contributed by atoms with Gasteiger partial charge in [0.1, 0.15) is 0 Å². The van der Waals surface area contributed by atoms with E-state index >= 15 is 0 Å². The summed E-state index contributed by atoms with van der Waals surface area (Å²) in [6, 6.07) is 57.5. The second kappa shape index (κ2) is 13.2. The van der Waals surface area contributed by atoms with Gasteiger partial charge in [-0.25, -0.2) is 0 Å². The minimum atomic E-state index is 1.13. The van der Waals surface area contributed by atoms with Crippen molar-refractivity contribution < 1.29 is 0 Å². The van der Waals surface area contributed by atoms with Crippen LogP contribution < -0.4 is 0 Å². The maximum atomic E-state index is 4.40. The molecule has 0 N–H and O–H groups in total. The fraction of sp³-hybridized carbons (Fsp3) is 0.0400. The summed E-state index contributed by atoms with van der Waals surface area (Å²) in [6.45, 7) is 4.41. The highest BCUT2D eigenvalue weighted by molar-refractivity contribution is 6.22. The Morgan fingerprint density at radius 3 is 1.31 bits per heavy atom. The van der Waals surface area contributed by atoms with Gasteiger partial charge in [-0.05, 0) is 120 Å². The summed E-state index contributed by atoms with van der Waals surface area (Å²) in [6.07, 6.45) is 7.54. The van der Waals surface area contributed by atoms with E-state index in [4.69, 9.17) is 0 Å². The lowest BCUT2D eigenvalue weighted by Gasteiger charge is -2.20. The second-order valence-corrected chi connectivity index (χ2v) is 13.5. The van der Waals surface area contributed by atoms with Crippen LogP contribution in [0.3, 0.4) is 0 Å². The molecule has 0 aliphatic carbocycles. The molecule has 0 atom stereocenters. The van der Waals surface area contributed by atoms with Crippen LogP contribution in [-0.4, -0.2) is 9.97 Å². The van der Waals surface area contributed by atoms with Crippen LogP contribution in [0.15, 0.2) is 183 Å². The van der Waals surface area contributed by atoms with Crippen LogP contribution in [0.1, 0.15) is 11.1 Å². The van der Waals surface area contributed by atoms with Crippen molar-refractivity contribution in [2.24, 2.45) is 0 Å². The van der Waals surface area contributed by atoms with Gasteiger partial charge in [-0.1, -0.05) is 140 Å². The van der Waals surface area contributed by atoms with Crippen molar-refractivity contribution in [3.05, 3.63) is 194 Å². The predicted molar refractivity (Wildman–Crippen MR) is 219 cm³/mol. The fourth-order valence-electron chi connectivity index (χ4n) is 7.90. The Morgan fingerprint density at radius 2 is 0.769 bits per heavy atom. The average Bonchev–Trinajstić information content (AvgIpc) is 3.20. The van der Waals surface area contributed by atoms with Crippen molar-refractivity contribution in [1.29, 1.82) is 0 Å². The lowest BCUT2D eigenvalue weighted by molar-refractivity contribution is 1.32. The van der Waals surface area contributed by atoms with Crippen LogP contribution in [0.5, 0.6) is 0 Å². The number of nitrogens with zero attached hydrogens (tertiary/aromatic N) is 2. The average molecular weight is 665 g/mol. The monoisotopic (exact) mass is 664 g/mol. The van der Waals surface area contributed by atoms with Gasteiger partial charge in [-0.15, -0.1) is 0 Å². The van der Waals surface area contributed by atoms with Crippen LogP contribution in [0.2, 0.25) is 0 Å². The summed E-state index contributed by atoms with van der Waals surface area (Å²) >= 11 is 0. The summed E-state index contributed by atoms with van der Waals surface area (Å²) < 4.78 is 0. The van der Waals surface area contributed by atoms with Gasteiger partial charge in [-0.2, -0.15) is 0 Å². The van der Waals surface area contributed by atoms with E-state index in [2.05, 4.69) is 169 Å². The van der Waals surface area contributed by atoms with Gasteiger partial charge in [0.25, 0.3) is 0 Å². The van der Waals surface area contributed by atoms with Crippen molar-refractivity contribution in [3.63, 3.8) is 0 Å². The molecule has 0 fully saturated rings. The molecule has 2 nitrogen and oxygen atoms in total. The number of aryl methyl sites for hydroxylation is 2. The molecule has 2 heteroatoms. The van der Waals surface area contributed by atoms with Crippen LogP contribution in [0.25, 0.3) is 88.3 Å². The van der Waals surface area contributed by atoms with E-state index in [9.17, 15) is 0 Å². The SMILES string of the molecule is Cc1cc(-c2c3ccccc3c(-c3ccc(-c4cccnc4)c(C)c3)c3cc(-c4ccccc4-c4ccccc4)ccc23)ccc1-c1cccnc1. The zero-order valence-electron chi connectivity index (χ0n) is 29.2. The summed E-state index contributed by atoms with van der Waals surface area (Å²) in [7, 11) is 0. The van der Waals surface area contributed by atoms with E-state index in [0.29, 0.717) is 0 Å². The van der Waals surface area contributed by atoms with Crippen LogP contribution >= 0.6 is 0 Å². The third kappa shape index (κ3) is 5.55. The first-order valence-electron chi connectivity index (χ1n) is 17.8. The molecule has 0 amide bonds. The standard InChI is InChI=1S/C50H36N2/c1-33-28-37(21-23-41(33)39-14-10-26-51-31-39)49-45-18-8-9-19-46(45)50(38-22-24-42(34(2)29-38)40-15-11-27-52-32-40)48-30-36(20-25-47(48)49)44-17-7-6-16-43(44)35-12-4-3-5-13-35/h3-32H,1-2H3. The minimum absolute atomic E-state index is 1.13. The fourth-order valence-corrected chi connectivity index (χ4v) is 7.90. The van der Waals surface area contributed by atoms with E-state index in [1.165, 1.54) is 88.3 Å². The molecule has 0 spiro atoms. The Labute approximate surface area is 304 Å². The molecule has 52 heavy (non-hydrogen) atoms. The van der Waals surface area contributed by atoms with Crippen molar-refractivity contribution in [2.75, 3.05) is 0 Å². The lowest BCUT2D eigenvalue weighted by atomic mass is 9.83. The normalized spacial score (nSPS) is 11.3. The highest BCUT2D eigenvalue weighted by atomic mass is 14.6. The number of aromatic nitrogens is 2. The summed E-state index contributed by atoms with van der Waals surface area (Å²) in [5, 5.41) is 4.94. The maximum Gasteiger partial charge on any atom is 0.0346 e. The molecule has 9 aromatic rings. The minimum Gasteiger partial charge on any atom is -0.264 e. The topological polar surface area (TPSA) is 25.8 Å². The van der Waals surface area contributed by atoms with E-state index in [1.807, 2.05) is 36.9 Å². The number of pyridine rings is 2. The number of benzene rings is 7. The van der Waals surface area contributed by atoms with Gasteiger partial charge in [-0.3, -0.25) is 9.97 Å². The van der Waals surface area contributed by atoms with Gasteiger partial charge in [0.15, 0.2) is 0 Å². The Bertz CT molecular complexity index is 2730. The van der Waals surface area contributed by atoms with Crippen LogP contribution in [0.4, 0.5) is 0 Å². The van der Waals surface area contributed by atoms with E-state index in [-0.39, 0.29) is 0 Å². The van der Waals surface area contributed by atoms with E-state index in [1.54, 1.807) is 0 Å². The maximum absolute atomic E-state index is 4.40. The van der Waals surface area contributed by atoms with Gasteiger partial charge in [0.2, 0.25) is 0 Å². The summed E-state index contributed by atoms with van der Waals surface area (Å²) in [5.74, 6) is 0. The van der Waals surface area contributed by atoms with Crippen molar-refractivity contribution in [1.82, 2.24) is 9.97 Å². The Kier molecular flexibility index (Phi) is 7.98. The first-order chi connectivity index (χ1) is 25.6. The molecule has 9 rings (SSSR count). The van der Waals surface area contributed by atoms with E-state index < -0.39 is 0 Å². The molecule has 246 valence electrons. The van der Waals surface area contributed by atoms with Gasteiger partial charge >= 0.3 is 0 Å². The Balaban J connectivity index is 1.33. The second-order valence-electron chi connectivity index (χ2n) is 13.5. The predicted octanol–water partition coefficient (Wildman–Crippen LogP) is 13.4. The molecule has 7 aromatic carbocycles. The van der Waals surface area contributed by atoms with Gasteiger partial charge in [0.05, 0.1) is 0 Å². The molecule has 2 heterocycles. The number of fused-ring (bicyclic) bond motifs is 2. The molecule has 0 unspecified atom stereocenters. The highest BCUT2D eigenvalue weighted by Gasteiger charge is 2.19. The molecule has 2 aromatic heterocycles. The Morgan fingerprint density at radius 1 is 0.308 bits per heavy atom. The smallest absolute Gasteiger partial charge is 0.0346 e. The molecular weight excluding hydrogens is 629 g/mol.